The van der Waals surface area contributed by atoms with Crippen LogP contribution in [0.2, 0.25) is 0 Å². The van der Waals surface area contributed by atoms with Gasteiger partial charge in [0.2, 0.25) is 5.91 Å². The molecule has 112 valence electrons. The highest BCUT2D eigenvalue weighted by Gasteiger charge is 2.29. The number of rotatable bonds is 6. The van der Waals surface area contributed by atoms with Gasteiger partial charge in [0.05, 0.1) is 25.2 Å². The van der Waals surface area contributed by atoms with Crippen molar-refractivity contribution in [2.45, 2.75) is 18.6 Å². The second-order valence-corrected chi connectivity index (χ2v) is 4.62. The minimum absolute atomic E-state index is 0.359. The maximum Gasteiger partial charge on any atom is 0.401 e. The van der Waals surface area contributed by atoms with Crippen LogP contribution < -0.4 is 10.6 Å². The Morgan fingerprint density at radius 2 is 1.85 bits per heavy atom. The average Bonchev–Trinajstić information content (AvgIpc) is 2.38. The molecule has 1 aromatic carbocycles. The Kier molecular flexibility index (Phi) is 5.52. The van der Waals surface area contributed by atoms with E-state index in [2.05, 4.69) is 5.32 Å². The predicted octanol–water partition coefficient (Wildman–Crippen LogP) is 1.16. The molecule has 0 spiro atoms. The summed E-state index contributed by atoms with van der Waals surface area (Å²) in [6.07, 6.45) is -4.36. The van der Waals surface area contributed by atoms with Gasteiger partial charge in [0.15, 0.2) is 0 Å². The van der Waals surface area contributed by atoms with Gasteiger partial charge in [0.1, 0.15) is 0 Å². The van der Waals surface area contributed by atoms with E-state index >= 15 is 0 Å². The summed E-state index contributed by atoms with van der Waals surface area (Å²) in [4.78, 5) is 11.6. The molecule has 7 heteroatoms. The third kappa shape index (κ3) is 5.18. The van der Waals surface area contributed by atoms with Crippen molar-refractivity contribution in [2.24, 2.45) is 0 Å². The summed E-state index contributed by atoms with van der Waals surface area (Å²) in [6, 6.07) is 8.72. The maximum absolute atomic E-state index is 11.9. The summed E-state index contributed by atoms with van der Waals surface area (Å²) in [7, 11) is 0. The molecule has 0 aliphatic carbocycles. The lowest BCUT2D eigenvalue weighted by atomic mass is 9.93. The number of hydrogen-bond donors (Lipinski definition) is 3. The first kappa shape index (κ1) is 16.5. The van der Waals surface area contributed by atoms with E-state index in [4.69, 9.17) is 0 Å². The Labute approximate surface area is 115 Å². The lowest BCUT2D eigenvalue weighted by Crippen LogP contribution is -2.49. The lowest BCUT2D eigenvalue weighted by Gasteiger charge is -2.29. The van der Waals surface area contributed by atoms with E-state index in [1.807, 2.05) is 5.32 Å². The molecule has 0 saturated heterocycles. The monoisotopic (exact) mass is 290 g/mol. The number of aliphatic hydroxyl groups excluding tert-OH is 1. The van der Waals surface area contributed by atoms with Crippen LogP contribution in [0, 0.1) is 0 Å². The van der Waals surface area contributed by atoms with E-state index < -0.39 is 30.7 Å². The fourth-order valence-corrected chi connectivity index (χ4v) is 1.68. The molecular formula is C13H17F3N2O2. The summed E-state index contributed by atoms with van der Waals surface area (Å²) in [6.45, 7) is -0.463. The number of nitrogens with one attached hydrogen (secondary N) is 2. The smallest absolute Gasteiger partial charge is 0.394 e. The van der Waals surface area contributed by atoms with Crippen LogP contribution in [-0.4, -0.2) is 36.9 Å². The Balaban J connectivity index is 2.58. The molecule has 0 bridgehead atoms. The zero-order chi connectivity index (χ0) is 15.2. The Bertz CT molecular complexity index is 437. The van der Waals surface area contributed by atoms with Crippen molar-refractivity contribution in [3.63, 3.8) is 0 Å². The molecule has 0 fully saturated rings. The number of alkyl halides is 3. The molecule has 1 unspecified atom stereocenters. The van der Waals surface area contributed by atoms with Gasteiger partial charge in [-0.3, -0.25) is 4.79 Å². The van der Waals surface area contributed by atoms with E-state index in [1.165, 1.54) is 0 Å². The molecule has 0 radical (unpaired) electrons. The highest BCUT2D eigenvalue weighted by molar-refractivity contribution is 5.79. The van der Waals surface area contributed by atoms with Crippen LogP contribution in [0.4, 0.5) is 13.2 Å². The average molecular weight is 290 g/mol. The van der Waals surface area contributed by atoms with Gasteiger partial charge in [-0.1, -0.05) is 30.3 Å². The van der Waals surface area contributed by atoms with Crippen LogP contribution in [0.15, 0.2) is 30.3 Å². The topological polar surface area (TPSA) is 61.4 Å². The minimum atomic E-state index is -4.36. The molecule has 1 aromatic rings. The first-order valence-corrected chi connectivity index (χ1v) is 6.02. The van der Waals surface area contributed by atoms with E-state index in [0.717, 1.165) is 0 Å². The second kappa shape index (κ2) is 6.71. The Morgan fingerprint density at radius 1 is 1.25 bits per heavy atom. The van der Waals surface area contributed by atoms with Crippen LogP contribution in [-0.2, 0) is 10.3 Å². The predicted molar refractivity (Wildman–Crippen MR) is 67.9 cm³/mol. The number of carbonyl (C=O) groups is 1. The zero-order valence-corrected chi connectivity index (χ0v) is 11.0. The second-order valence-electron chi connectivity index (χ2n) is 4.62. The van der Waals surface area contributed by atoms with Crippen molar-refractivity contribution in [2.75, 3.05) is 19.7 Å². The van der Waals surface area contributed by atoms with Gasteiger partial charge in [-0.15, -0.1) is 0 Å². The number of aliphatic hydroxyl groups is 1. The first-order valence-electron chi connectivity index (χ1n) is 6.02. The highest BCUT2D eigenvalue weighted by Crippen LogP contribution is 2.19. The largest absolute Gasteiger partial charge is 0.401 e. The molecule has 0 saturated carbocycles. The number of carbonyl (C=O) groups excluding carboxylic acids is 1. The molecule has 1 rings (SSSR count). The zero-order valence-electron chi connectivity index (χ0n) is 11.0. The van der Waals surface area contributed by atoms with Crippen LogP contribution in [0.5, 0.6) is 0 Å². The molecule has 3 N–H and O–H groups in total. The summed E-state index contributed by atoms with van der Waals surface area (Å²) in [5, 5.41) is 14.0. The number of amides is 1. The van der Waals surface area contributed by atoms with Gasteiger partial charge >= 0.3 is 6.18 Å². The van der Waals surface area contributed by atoms with Crippen molar-refractivity contribution in [1.29, 1.82) is 0 Å². The van der Waals surface area contributed by atoms with Crippen molar-refractivity contribution in [1.82, 2.24) is 10.6 Å². The van der Waals surface area contributed by atoms with Gasteiger partial charge < -0.3 is 15.7 Å². The third-order valence-electron chi connectivity index (χ3n) is 2.75. The number of hydrogen-bond acceptors (Lipinski definition) is 3. The van der Waals surface area contributed by atoms with Crippen molar-refractivity contribution < 1.29 is 23.1 Å². The summed E-state index contributed by atoms with van der Waals surface area (Å²) in [5.41, 5.74) is -0.357. The van der Waals surface area contributed by atoms with Gasteiger partial charge in [0, 0.05) is 0 Å². The summed E-state index contributed by atoms with van der Waals surface area (Å²) < 4.78 is 35.8. The Morgan fingerprint density at radius 3 is 2.35 bits per heavy atom. The van der Waals surface area contributed by atoms with Crippen LogP contribution in [0.25, 0.3) is 0 Å². The van der Waals surface area contributed by atoms with Gasteiger partial charge in [-0.05, 0) is 12.5 Å². The molecule has 1 amide bonds. The van der Waals surface area contributed by atoms with E-state index in [-0.39, 0.29) is 6.61 Å². The molecule has 0 heterocycles. The summed E-state index contributed by atoms with van der Waals surface area (Å²) in [5.74, 6) is -0.616. The standard InChI is InChI=1S/C13H17F3N2O2/c1-12(9-19,10-5-3-2-4-6-10)18-11(20)7-17-8-13(14,15)16/h2-6,17,19H,7-9H2,1H3,(H,18,20). The molecule has 0 aromatic heterocycles. The first-order chi connectivity index (χ1) is 9.27. The lowest BCUT2D eigenvalue weighted by molar-refractivity contribution is -0.129. The molecule has 0 aliphatic rings. The quantitative estimate of drug-likeness (QED) is 0.737. The SMILES string of the molecule is CC(CO)(NC(=O)CNCC(F)(F)F)c1ccccc1. The highest BCUT2D eigenvalue weighted by atomic mass is 19.4. The number of halogens is 3. The molecule has 1 atom stereocenters. The Hall–Kier alpha value is -1.60. The normalized spacial score (nSPS) is 14.7. The molecule has 20 heavy (non-hydrogen) atoms. The van der Waals surface area contributed by atoms with Gasteiger partial charge in [0.25, 0.3) is 0 Å². The van der Waals surface area contributed by atoms with Crippen LogP contribution in [0.3, 0.4) is 0 Å². The van der Waals surface area contributed by atoms with E-state index in [9.17, 15) is 23.1 Å². The molecular weight excluding hydrogens is 273 g/mol. The van der Waals surface area contributed by atoms with Crippen molar-refractivity contribution >= 4 is 5.91 Å². The van der Waals surface area contributed by atoms with Crippen molar-refractivity contribution in [3.8, 4) is 0 Å². The van der Waals surface area contributed by atoms with Crippen molar-refractivity contribution in [3.05, 3.63) is 35.9 Å². The molecule has 4 nitrogen and oxygen atoms in total. The van der Waals surface area contributed by atoms with Gasteiger partial charge in [-0.25, -0.2) is 0 Å². The summed E-state index contributed by atoms with van der Waals surface area (Å²) >= 11 is 0. The maximum atomic E-state index is 11.9. The third-order valence-corrected chi connectivity index (χ3v) is 2.75. The van der Waals surface area contributed by atoms with Crippen LogP contribution >= 0.6 is 0 Å². The van der Waals surface area contributed by atoms with E-state index in [1.54, 1.807) is 37.3 Å². The van der Waals surface area contributed by atoms with Crippen LogP contribution in [0.1, 0.15) is 12.5 Å². The number of benzene rings is 1. The fraction of sp³-hybridized carbons (Fsp3) is 0.462. The molecule has 0 aliphatic heterocycles. The fourth-order valence-electron chi connectivity index (χ4n) is 1.68. The minimum Gasteiger partial charge on any atom is -0.394 e. The van der Waals surface area contributed by atoms with Gasteiger partial charge in [-0.2, -0.15) is 13.2 Å². The van der Waals surface area contributed by atoms with E-state index in [0.29, 0.717) is 5.56 Å².